The van der Waals surface area contributed by atoms with Crippen LogP contribution in [0.2, 0.25) is 0 Å². The molecule has 10 aromatic rings. The quantitative estimate of drug-likeness (QED) is 0.172. The Morgan fingerprint density at radius 1 is 0.382 bits per heavy atom. The van der Waals surface area contributed by atoms with Crippen molar-refractivity contribution in [3.63, 3.8) is 0 Å². The molecule has 9 aromatic carbocycles. The van der Waals surface area contributed by atoms with Crippen molar-refractivity contribution in [1.29, 1.82) is 0 Å². The van der Waals surface area contributed by atoms with Gasteiger partial charge in [0.15, 0.2) is 0 Å². The number of rotatable bonds is 6. The molecule has 11 rings (SSSR count). The number of benzene rings is 9. The fraction of sp³-hybridized carbons (Fsp3) is 0.0189. The van der Waals surface area contributed by atoms with Crippen LogP contribution in [0.3, 0.4) is 0 Å². The van der Waals surface area contributed by atoms with Gasteiger partial charge in [-0.2, -0.15) is 0 Å². The van der Waals surface area contributed by atoms with Gasteiger partial charge in [0.1, 0.15) is 11.2 Å². The second kappa shape index (κ2) is 12.5. The summed E-state index contributed by atoms with van der Waals surface area (Å²) in [7, 11) is 0. The van der Waals surface area contributed by atoms with Crippen LogP contribution in [0.5, 0.6) is 0 Å². The van der Waals surface area contributed by atoms with Gasteiger partial charge in [-0.3, -0.25) is 0 Å². The van der Waals surface area contributed by atoms with Gasteiger partial charge < -0.3 is 9.32 Å². The topological polar surface area (TPSA) is 16.4 Å². The molecule has 0 bridgehead atoms. The van der Waals surface area contributed by atoms with Crippen LogP contribution in [-0.4, -0.2) is 0 Å². The summed E-state index contributed by atoms with van der Waals surface area (Å²) in [6.45, 7) is 0. The van der Waals surface area contributed by atoms with Crippen LogP contribution in [0.15, 0.2) is 217 Å². The molecule has 2 heteroatoms. The molecule has 2 nitrogen and oxygen atoms in total. The number of hydrogen-bond acceptors (Lipinski definition) is 2. The first-order valence-electron chi connectivity index (χ1n) is 18.9. The number of furan rings is 1. The normalized spacial score (nSPS) is 12.9. The van der Waals surface area contributed by atoms with Crippen LogP contribution in [0.4, 0.5) is 17.1 Å². The SMILES string of the molecule is c1ccc(N(c2ccccc2-c2cccc3oc4cc5ccccc5cc4c23)c2cccc3c2-c2ccccc2C3(c2ccccc2)c2ccccc2)cc1. The summed E-state index contributed by atoms with van der Waals surface area (Å²) in [5.41, 5.74) is 14.4. The molecule has 0 N–H and O–H groups in total. The highest BCUT2D eigenvalue weighted by molar-refractivity contribution is 6.17. The van der Waals surface area contributed by atoms with Crippen LogP contribution in [0.25, 0.3) is 55.0 Å². The zero-order valence-corrected chi connectivity index (χ0v) is 30.1. The standard InChI is InChI=1S/C53H35NO/c1-4-20-38(21-5-1)53(39-22-6-2-7-23-39)45-29-14-12-27-43(45)52-46(53)30-17-32-48(52)54(40-24-8-3-9-25-40)47-31-15-13-26-41(47)42-28-16-33-49-51(42)44-34-36-18-10-11-19-37(36)35-50(44)55-49/h1-35H. The average molecular weight is 702 g/mol. The third kappa shape index (κ3) is 4.68. The molecule has 0 aliphatic heterocycles. The molecule has 0 atom stereocenters. The Morgan fingerprint density at radius 3 is 1.67 bits per heavy atom. The van der Waals surface area contributed by atoms with Gasteiger partial charge in [0, 0.05) is 27.6 Å². The monoisotopic (exact) mass is 701 g/mol. The molecule has 0 saturated heterocycles. The Kier molecular flexibility index (Phi) is 7.11. The van der Waals surface area contributed by atoms with E-state index >= 15 is 0 Å². The van der Waals surface area contributed by atoms with Crippen LogP contribution >= 0.6 is 0 Å². The Labute approximate surface area is 320 Å². The second-order valence-corrected chi connectivity index (χ2v) is 14.4. The molecule has 0 unspecified atom stereocenters. The van der Waals surface area contributed by atoms with Crippen molar-refractivity contribution in [2.24, 2.45) is 0 Å². The smallest absolute Gasteiger partial charge is 0.136 e. The van der Waals surface area contributed by atoms with Crippen molar-refractivity contribution in [3.05, 3.63) is 235 Å². The van der Waals surface area contributed by atoms with Crippen LogP contribution in [-0.2, 0) is 5.41 Å². The lowest BCUT2D eigenvalue weighted by molar-refractivity contribution is 0.669. The largest absolute Gasteiger partial charge is 0.456 e. The first kappa shape index (κ1) is 31.4. The van der Waals surface area contributed by atoms with Gasteiger partial charge in [0.25, 0.3) is 0 Å². The van der Waals surface area contributed by atoms with E-state index in [1.807, 2.05) is 0 Å². The molecule has 1 aliphatic rings. The van der Waals surface area contributed by atoms with E-state index in [9.17, 15) is 0 Å². The van der Waals surface area contributed by atoms with Gasteiger partial charge in [0.2, 0.25) is 0 Å². The zero-order chi connectivity index (χ0) is 36.3. The third-order valence-corrected chi connectivity index (χ3v) is 11.5. The lowest BCUT2D eigenvalue weighted by atomic mass is 9.68. The molecule has 0 fully saturated rings. The first-order chi connectivity index (χ1) is 27.3. The van der Waals surface area contributed by atoms with Gasteiger partial charge in [-0.15, -0.1) is 0 Å². The lowest BCUT2D eigenvalue weighted by Gasteiger charge is -2.34. The summed E-state index contributed by atoms with van der Waals surface area (Å²) < 4.78 is 6.59. The molecule has 258 valence electrons. The summed E-state index contributed by atoms with van der Waals surface area (Å²) >= 11 is 0. The number of hydrogen-bond donors (Lipinski definition) is 0. The van der Waals surface area contributed by atoms with Crippen LogP contribution in [0, 0.1) is 0 Å². The highest BCUT2D eigenvalue weighted by Gasteiger charge is 2.47. The minimum atomic E-state index is -0.504. The minimum absolute atomic E-state index is 0.504. The third-order valence-electron chi connectivity index (χ3n) is 11.5. The van der Waals surface area contributed by atoms with Crippen molar-refractivity contribution in [1.82, 2.24) is 0 Å². The highest BCUT2D eigenvalue weighted by atomic mass is 16.3. The maximum atomic E-state index is 6.59. The number of anilines is 3. The van der Waals surface area contributed by atoms with E-state index in [2.05, 4.69) is 217 Å². The fourth-order valence-corrected chi connectivity index (χ4v) is 9.28. The maximum Gasteiger partial charge on any atom is 0.136 e. The van der Waals surface area contributed by atoms with Gasteiger partial charge >= 0.3 is 0 Å². The Hall–Kier alpha value is -7.16. The van der Waals surface area contributed by atoms with Crippen molar-refractivity contribution in [2.45, 2.75) is 5.41 Å². The molecular formula is C53H35NO. The zero-order valence-electron chi connectivity index (χ0n) is 30.1. The summed E-state index contributed by atoms with van der Waals surface area (Å²) in [6.07, 6.45) is 0. The predicted octanol–water partition coefficient (Wildman–Crippen LogP) is 14.2. The lowest BCUT2D eigenvalue weighted by Crippen LogP contribution is -2.28. The summed E-state index contributed by atoms with van der Waals surface area (Å²) in [6, 6.07) is 77.0. The van der Waals surface area contributed by atoms with Crippen molar-refractivity contribution < 1.29 is 4.42 Å². The number of para-hydroxylation sites is 2. The molecule has 0 amide bonds. The van der Waals surface area contributed by atoms with Crippen LogP contribution < -0.4 is 4.90 Å². The molecule has 1 aliphatic carbocycles. The maximum absolute atomic E-state index is 6.59. The van der Waals surface area contributed by atoms with E-state index < -0.39 is 5.41 Å². The van der Waals surface area contributed by atoms with Gasteiger partial charge in [-0.1, -0.05) is 170 Å². The Balaban J connectivity index is 1.21. The molecular weight excluding hydrogens is 667 g/mol. The predicted molar refractivity (Wildman–Crippen MR) is 229 cm³/mol. The molecule has 0 saturated carbocycles. The van der Waals surface area contributed by atoms with Gasteiger partial charge in [-0.25, -0.2) is 0 Å². The van der Waals surface area contributed by atoms with Crippen LogP contribution in [0.1, 0.15) is 22.3 Å². The second-order valence-electron chi connectivity index (χ2n) is 14.4. The van der Waals surface area contributed by atoms with Gasteiger partial charge in [-0.05, 0) is 86.6 Å². The molecule has 1 heterocycles. The van der Waals surface area contributed by atoms with E-state index in [-0.39, 0.29) is 0 Å². The van der Waals surface area contributed by atoms with E-state index in [0.29, 0.717) is 0 Å². The van der Waals surface area contributed by atoms with Gasteiger partial charge in [0.05, 0.1) is 16.8 Å². The minimum Gasteiger partial charge on any atom is -0.456 e. The molecule has 0 spiro atoms. The molecule has 0 radical (unpaired) electrons. The summed E-state index contributed by atoms with van der Waals surface area (Å²) in [4.78, 5) is 2.47. The molecule has 55 heavy (non-hydrogen) atoms. The van der Waals surface area contributed by atoms with E-state index in [4.69, 9.17) is 4.42 Å². The summed E-state index contributed by atoms with van der Waals surface area (Å²) in [5, 5.41) is 4.62. The highest BCUT2D eigenvalue weighted by Crippen LogP contribution is 2.60. The molecule has 1 aromatic heterocycles. The van der Waals surface area contributed by atoms with E-state index in [1.165, 1.54) is 44.2 Å². The van der Waals surface area contributed by atoms with Crippen molar-refractivity contribution in [2.75, 3.05) is 4.90 Å². The fourth-order valence-electron chi connectivity index (χ4n) is 9.28. The van der Waals surface area contributed by atoms with Crippen molar-refractivity contribution >= 4 is 49.8 Å². The summed E-state index contributed by atoms with van der Waals surface area (Å²) in [5.74, 6) is 0. The number of nitrogens with zero attached hydrogens (tertiary/aromatic N) is 1. The number of fused-ring (bicyclic) bond motifs is 7. The van der Waals surface area contributed by atoms with E-state index in [1.54, 1.807) is 0 Å². The Bertz CT molecular complexity index is 3000. The van der Waals surface area contributed by atoms with E-state index in [0.717, 1.165) is 50.1 Å². The first-order valence-corrected chi connectivity index (χ1v) is 18.9. The average Bonchev–Trinajstić information content (AvgIpc) is 3.78. The Morgan fingerprint density at radius 2 is 0.927 bits per heavy atom. The van der Waals surface area contributed by atoms with Crippen molar-refractivity contribution in [3.8, 4) is 22.3 Å².